The third kappa shape index (κ3) is 4.13. The van der Waals surface area contributed by atoms with E-state index in [1.54, 1.807) is 25.1 Å². The number of likely N-dealkylation sites (tertiary alicyclic amines) is 1. The molecule has 0 radical (unpaired) electrons. The van der Waals surface area contributed by atoms with Gasteiger partial charge in [-0.2, -0.15) is 0 Å². The van der Waals surface area contributed by atoms with Gasteiger partial charge in [-0.05, 0) is 31.0 Å². The Balaban J connectivity index is 1.60. The molecule has 0 aliphatic carbocycles. The Morgan fingerprint density at radius 1 is 1.23 bits per heavy atom. The van der Waals surface area contributed by atoms with E-state index >= 15 is 0 Å². The summed E-state index contributed by atoms with van der Waals surface area (Å²) in [7, 11) is -3.73. The molecule has 2 saturated heterocycles. The lowest BCUT2D eigenvalue weighted by molar-refractivity contribution is -0.150. The molecule has 0 aromatic heterocycles. The van der Waals surface area contributed by atoms with E-state index in [1.165, 1.54) is 4.31 Å². The van der Waals surface area contributed by atoms with Crippen molar-refractivity contribution in [1.29, 1.82) is 0 Å². The van der Waals surface area contributed by atoms with Gasteiger partial charge in [0.1, 0.15) is 11.4 Å². The third-order valence-electron chi connectivity index (χ3n) is 5.95. The molecule has 7 nitrogen and oxygen atoms in total. The van der Waals surface area contributed by atoms with Crippen molar-refractivity contribution < 1.29 is 22.7 Å². The molecular formula is C23H26N2O5S. The van der Waals surface area contributed by atoms with Gasteiger partial charge < -0.3 is 9.47 Å². The second-order valence-electron chi connectivity index (χ2n) is 7.84. The van der Waals surface area contributed by atoms with Crippen LogP contribution in [0.4, 0.5) is 5.69 Å². The smallest absolute Gasteiger partial charge is 0.332 e. The summed E-state index contributed by atoms with van der Waals surface area (Å²) >= 11 is 0. The number of hydrogen-bond donors (Lipinski definition) is 0. The SMILES string of the molecule is CCOC(=O)CO[C@H]1CN(c2cc#ccc2)S(=O)(=O)[C@@]12CCN(Cc1ccccc1)C2. The zero-order chi connectivity index (χ0) is 21.9. The van der Waals surface area contributed by atoms with Crippen LogP contribution in [0.15, 0.2) is 48.5 Å². The minimum Gasteiger partial charge on any atom is -0.464 e. The highest BCUT2D eigenvalue weighted by atomic mass is 32.2. The van der Waals surface area contributed by atoms with Gasteiger partial charge >= 0.3 is 5.97 Å². The van der Waals surface area contributed by atoms with Gasteiger partial charge in [-0.1, -0.05) is 42.5 Å². The molecule has 2 aliphatic rings. The molecule has 2 aromatic rings. The summed E-state index contributed by atoms with van der Waals surface area (Å²) in [5.74, 6) is -0.490. The van der Waals surface area contributed by atoms with Crippen molar-refractivity contribution in [3.05, 3.63) is 66.2 Å². The quantitative estimate of drug-likeness (QED) is 0.611. The maximum Gasteiger partial charge on any atom is 0.332 e. The highest BCUT2D eigenvalue weighted by Gasteiger charge is 2.62. The molecule has 0 saturated carbocycles. The van der Waals surface area contributed by atoms with E-state index in [4.69, 9.17) is 9.47 Å². The summed E-state index contributed by atoms with van der Waals surface area (Å²) in [4.78, 5) is 14.0. The first kappa shape index (κ1) is 21.6. The lowest BCUT2D eigenvalue weighted by Gasteiger charge is -2.29. The molecule has 2 aliphatic heterocycles. The summed E-state index contributed by atoms with van der Waals surface area (Å²) in [5, 5.41) is 0. The zero-order valence-corrected chi connectivity index (χ0v) is 18.3. The molecule has 0 amide bonds. The Kier molecular flexibility index (Phi) is 6.19. The number of anilines is 1. The van der Waals surface area contributed by atoms with Gasteiger partial charge in [0.15, 0.2) is 0 Å². The first-order chi connectivity index (χ1) is 15.0. The van der Waals surface area contributed by atoms with Crippen molar-refractivity contribution in [1.82, 2.24) is 4.90 Å². The van der Waals surface area contributed by atoms with Crippen molar-refractivity contribution in [3.8, 4) is 0 Å². The molecule has 4 rings (SSSR count). The number of rotatable bonds is 7. The van der Waals surface area contributed by atoms with Crippen molar-refractivity contribution >= 4 is 21.7 Å². The van der Waals surface area contributed by atoms with E-state index in [-0.39, 0.29) is 19.8 Å². The molecule has 2 heterocycles. The Hall–Kier alpha value is -2.60. The predicted molar refractivity (Wildman–Crippen MR) is 116 cm³/mol. The predicted octanol–water partition coefficient (Wildman–Crippen LogP) is 2.03. The number of carbonyl (C=O) groups is 1. The number of nitrogens with zero attached hydrogens (tertiary/aromatic N) is 2. The number of sulfonamides is 1. The fraction of sp³-hybridized carbons (Fsp3) is 0.435. The van der Waals surface area contributed by atoms with Crippen LogP contribution in [-0.4, -0.2) is 63.0 Å². The van der Waals surface area contributed by atoms with Crippen LogP contribution in [0, 0.1) is 12.1 Å². The van der Waals surface area contributed by atoms with Gasteiger partial charge in [0.05, 0.1) is 24.9 Å². The standard InChI is InChI=1S/C23H26N2O5S/c1-2-29-22(26)17-30-21-16-25(20-11-7-4-8-12-20)31(27,28)23(21)13-14-24(18-23)15-19-9-5-3-6-10-19/h3,5-7,9-12,21H,2,13-18H2,1H3/t21-,23+/m0/s1. The molecule has 0 N–H and O–H groups in total. The molecule has 0 bridgehead atoms. The average molecular weight is 443 g/mol. The van der Waals surface area contributed by atoms with Gasteiger partial charge in [0.25, 0.3) is 0 Å². The maximum atomic E-state index is 13.8. The normalized spacial score (nSPS) is 24.9. The first-order valence-corrected chi connectivity index (χ1v) is 11.8. The highest BCUT2D eigenvalue weighted by Crippen LogP contribution is 2.44. The molecule has 8 heteroatoms. The average Bonchev–Trinajstić information content (AvgIpc) is 3.29. The molecular weight excluding hydrogens is 416 g/mol. The second kappa shape index (κ2) is 8.87. The fourth-order valence-corrected chi connectivity index (χ4v) is 6.78. The van der Waals surface area contributed by atoms with E-state index in [0.717, 1.165) is 5.56 Å². The van der Waals surface area contributed by atoms with Crippen LogP contribution in [0.3, 0.4) is 0 Å². The Labute approximate surface area is 183 Å². The van der Waals surface area contributed by atoms with Crippen molar-refractivity contribution in [3.63, 3.8) is 0 Å². The third-order valence-corrected chi connectivity index (χ3v) is 8.51. The van der Waals surface area contributed by atoms with Crippen molar-refractivity contribution in [2.24, 2.45) is 0 Å². The van der Waals surface area contributed by atoms with Crippen LogP contribution in [0.1, 0.15) is 18.9 Å². The monoisotopic (exact) mass is 442 g/mol. The molecule has 31 heavy (non-hydrogen) atoms. The number of carbonyl (C=O) groups excluding carboxylic acids is 1. The minimum absolute atomic E-state index is 0.152. The van der Waals surface area contributed by atoms with Gasteiger partial charge in [0, 0.05) is 25.7 Å². The number of ether oxygens (including phenoxy) is 2. The summed E-state index contributed by atoms with van der Waals surface area (Å²) in [6.45, 7) is 3.51. The molecule has 164 valence electrons. The largest absolute Gasteiger partial charge is 0.464 e. The fourth-order valence-electron chi connectivity index (χ4n) is 4.45. The minimum atomic E-state index is -3.73. The molecule has 2 atom stereocenters. The van der Waals surface area contributed by atoms with E-state index in [0.29, 0.717) is 31.7 Å². The van der Waals surface area contributed by atoms with Gasteiger partial charge in [-0.3, -0.25) is 9.21 Å². The summed E-state index contributed by atoms with van der Waals surface area (Å²) in [5.41, 5.74) is 1.66. The van der Waals surface area contributed by atoms with E-state index in [2.05, 4.69) is 17.0 Å². The summed E-state index contributed by atoms with van der Waals surface area (Å²) < 4.78 is 38.7. The summed E-state index contributed by atoms with van der Waals surface area (Å²) in [6, 6.07) is 20.5. The van der Waals surface area contributed by atoms with E-state index in [9.17, 15) is 13.2 Å². The van der Waals surface area contributed by atoms with Crippen LogP contribution >= 0.6 is 0 Å². The highest BCUT2D eigenvalue weighted by molar-refractivity contribution is 7.94. The number of benzene rings is 1. The molecule has 0 unspecified atom stereocenters. The van der Waals surface area contributed by atoms with E-state index < -0.39 is 26.8 Å². The zero-order valence-electron chi connectivity index (χ0n) is 17.5. The van der Waals surface area contributed by atoms with Gasteiger partial charge in [0.2, 0.25) is 10.0 Å². The Morgan fingerprint density at radius 2 is 2.03 bits per heavy atom. The van der Waals surface area contributed by atoms with Crippen LogP contribution < -0.4 is 4.31 Å². The first-order valence-electron chi connectivity index (χ1n) is 10.4. The van der Waals surface area contributed by atoms with Gasteiger partial charge in [-0.15, -0.1) is 0 Å². The van der Waals surface area contributed by atoms with Crippen LogP contribution in [0.25, 0.3) is 0 Å². The molecule has 1 spiro atoms. The summed E-state index contributed by atoms with van der Waals surface area (Å²) in [6.07, 6.45) is -0.207. The van der Waals surface area contributed by atoms with E-state index in [1.807, 2.05) is 30.3 Å². The van der Waals surface area contributed by atoms with Crippen LogP contribution in [0.2, 0.25) is 0 Å². The van der Waals surface area contributed by atoms with Crippen LogP contribution in [-0.2, 0) is 30.8 Å². The lowest BCUT2D eigenvalue weighted by atomic mass is 10.00. The molecule has 2 aromatic carbocycles. The Bertz CT molecular complexity index is 999. The molecule has 2 fully saturated rings. The van der Waals surface area contributed by atoms with Crippen molar-refractivity contribution in [2.45, 2.75) is 30.7 Å². The second-order valence-corrected chi connectivity index (χ2v) is 10.0. The topological polar surface area (TPSA) is 76.1 Å². The number of esters is 1. The Morgan fingerprint density at radius 3 is 2.74 bits per heavy atom. The van der Waals surface area contributed by atoms with Gasteiger partial charge in [-0.25, -0.2) is 13.2 Å². The lowest BCUT2D eigenvalue weighted by Crippen LogP contribution is -2.49. The maximum absolute atomic E-state index is 13.8. The van der Waals surface area contributed by atoms with Crippen LogP contribution in [0.5, 0.6) is 0 Å². The number of hydrogen-bond acceptors (Lipinski definition) is 6. The van der Waals surface area contributed by atoms with Crippen molar-refractivity contribution in [2.75, 3.05) is 37.2 Å².